The lowest BCUT2D eigenvalue weighted by Crippen LogP contribution is -2.16. The summed E-state index contributed by atoms with van der Waals surface area (Å²) in [6, 6.07) is 3.90. The summed E-state index contributed by atoms with van der Waals surface area (Å²) in [6.45, 7) is 3.59. The van der Waals surface area contributed by atoms with Crippen LogP contribution in [-0.4, -0.2) is 19.4 Å². The first-order valence-electron chi connectivity index (χ1n) is 4.83. The molecule has 1 rings (SSSR count). The summed E-state index contributed by atoms with van der Waals surface area (Å²) in [5.41, 5.74) is 2.11. The van der Waals surface area contributed by atoms with Crippen LogP contribution in [0.15, 0.2) is 12.1 Å². The highest BCUT2D eigenvalue weighted by Crippen LogP contribution is 2.26. The van der Waals surface area contributed by atoms with Crippen molar-refractivity contribution >= 4 is 24.2 Å². The second-order valence-corrected chi connectivity index (χ2v) is 4.17. The Kier molecular flexibility index (Phi) is 5.29. The average molecular weight is 246 g/mol. The lowest BCUT2D eigenvalue weighted by atomic mass is 10.1. The van der Waals surface area contributed by atoms with E-state index < -0.39 is 0 Å². The number of methoxy groups -OCH3 is 1. The first-order valence-corrected chi connectivity index (χ1v) is 5.84. The van der Waals surface area contributed by atoms with E-state index in [4.69, 9.17) is 16.3 Å². The Morgan fingerprint density at radius 1 is 1.47 bits per heavy atom. The smallest absolute Gasteiger partial charge is 0.123 e. The third kappa shape index (κ3) is 3.59. The van der Waals surface area contributed by atoms with Crippen molar-refractivity contribution in [3.05, 3.63) is 28.3 Å². The van der Waals surface area contributed by atoms with E-state index in [0.717, 1.165) is 40.7 Å². The van der Waals surface area contributed by atoms with E-state index in [0.29, 0.717) is 0 Å². The molecule has 0 unspecified atom stereocenters. The van der Waals surface area contributed by atoms with Gasteiger partial charge in [0.1, 0.15) is 5.75 Å². The van der Waals surface area contributed by atoms with Crippen LogP contribution in [0.4, 0.5) is 0 Å². The molecular formula is C11H16ClNOS. The molecule has 1 aromatic rings. The average Bonchev–Trinajstić information content (AvgIpc) is 2.23. The summed E-state index contributed by atoms with van der Waals surface area (Å²) in [5.74, 6) is 1.70. The maximum Gasteiger partial charge on any atom is 0.123 e. The highest BCUT2D eigenvalue weighted by molar-refractivity contribution is 7.80. The predicted molar refractivity (Wildman–Crippen MR) is 68.3 cm³/mol. The van der Waals surface area contributed by atoms with Crippen molar-refractivity contribution in [2.75, 3.05) is 19.4 Å². The Hall–Kier alpha value is -0.380. The summed E-state index contributed by atoms with van der Waals surface area (Å²) in [5, 5.41) is 4.03. The van der Waals surface area contributed by atoms with Crippen LogP contribution < -0.4 is 10.1 Å². The zero-order valence-electron chi connectivity index (χ0n) is 9.01. The normalized spacial score (nSPS) is 10.4. The summed E-state index contributed by atoms with van der Waals surface area (Å²) >= 11 is 10.2. The van der Waals surface area contributed by atoms with E-state index in [2.05, 4.69) is 17.9 Å². The van der Waals surface area contributed by atoms with E-state index in [-0.39, 0.29) is 0 Å². The van der Waals surface area contributed by atoms with Gasteiger partial charge in [-0.3, -0.25) is 0 Å². The van der Waals surface area contributed by atoms with E-state index in [9.17, 15) is 0 Å². The molecule has 0 heterocycles. The molecule has 4 heteroatoms. The van der Waals surface area contributed by atoms with Gasteiger partial charge in [0, 0.05) is 29.4 Å². The molecule has 15 heavy (non-hydrogen) atoms. The Labute approximate surface area is 101 Å². The molecule has 0 spiro atoms. The van der Waals surface area contributed by atoms with Crippen molar-refractivity contribution in [3.63, 3.8) is 0 Å². The number of hydrogen-bond donors (Lipinski definition) is 2. The minimum Gasteiger partial charge on any atom is -0.496 e. The molecule has 0 aliphatic rings. The quantitative estimate of drug-likeness (QED) is 0.615. The number of nitrogens with one attached hydrogen (secondary N) is 1. The van der Waals surface area contributed by atoms with E-state index in [1.165, 1.54) is 0 Å². The fraction of sp³-hybridized carbons (Fsp3) is 0.455. The van der Waals surface area contributed by atoms with E-state index in [1.807, 2.05) is 19.1 Å². The Balaban J connectivity index is 2.80. The number of thiol groups is 1. The van der Waals surface area contributed by atoms with Crippen LogP contribution in [0.3, 0.4) is 0 Å². The molecule has 0 aliphatic carbocycles. The minimum atomic E-state index is 0.754. The number of hydrogen-bond acceptors (Lipinski definition) is 3. The summed E-state index contributed by atoms with van der Waals surface area (Å²) in [4.78, 5) is 0. The summed E-state index contributed by atoms with van der Waals surface area (Å²) in [6.07, 6.45) is 0. The minimum absolute atomic E-state index is 0.754. The second kappa shape index (κ2) is 6.26. The first-order chi connectivity index (χ1) is 7.19. The molecule has 1 N–H and O–H groups in total. The van der Waals surface area contributed by atoms with Crippen molar-refractivity contribution in [2.45, 2.75) is 13.5 Å². The molecule has 0 saturated carbocycles. The number of ether oxygens (including phenoxy) is 1. The van der Waals surface area contributed by atoms with Crippen molar-refractivity contribution < 1.29 is 4.74 Å². The predicted octanol–water partition coefficient (Wildman–Crippen LogP) is 2.68. The Bertz CT molecular complexity index is 331. The number of halogens is 1. The zero-order valence-corrected chi connectivity index (χ0v) is 10.7. The van der Waals surface area contributed by atoms with Gasteiger partial charge in [-0.05, 0) is 24.6 Å². The molecule has 0 fully saturated rings. The highest BCUT2D eigenvalue weighted by atomic mass is 35.5. The second-order valence-electron chi connectivity index (χ2n) is 3.31. The van der Waals surface area contributed by atoms with Crippen molar-refractivity contribution in [3.8, 4) is 5.75 Å². The van der Waals surface area contributed by atoms with Gasteiger partial charge in [-0.2, -0.15) is 12.6 Å². The summed E-state index contributed by atoms with van der Waals surface area (Å²) < 4.78 is 5.29. The van der Waals surface area contributed by atoms with Crippen LogP contribution in [0.1, 0.15) is 11.1 Å². The number of benzene rings is 1. The van der Waals surface area contributed by atoms with Crippen LogP contribution in [0, 0.1) is 6.92 Å². The molecule has 0 aromatic heterocycles. The Morgan fingerprint density at radius 2 is 2.20 bits per heavy atom. The van der Waals surface area contributed by atoms with Gasteiger partial charge in [-0.25, -0.2) is 0 Å². The highest BCUT2D eigenvalue weighted by Gasteiger charge is 2.06. The van der Waals surface area contributed by atoms with Crippen LogP contribution in [0.25, 0.3) is 0 Å². The SMILES string of the molecule is COc1cc(C)c(Cl)cc1CNCCS. The third-order valence-electron chi connectivity index (χ3n) is 2.17. The van der Waals surface area contributed by atoms with Gasteiger partial charge in [0.2, 0.25) is 0 Å². The standard InChI is InChI=1S/C11H16ClNOS/c1-8-5-11(14-2)9(6-10(8)12)7-13-3-4-15/h5-6,13,15H,3-4,7H2,1-2H3. The van der Waals surface area contributed by atoms with Gasteiger partial charge in [-0.1, -0.05) is 11.6 Å². The van der Waals surface area contributed by atoms with Crippen LogP contribution in [-0.2, 0) is 6.54 Å². The molecule has 0 bridgehead atoms. The van der Waals surface area contributed by atoms with Crippen LogP contribution in [0.5, 0.6) is 5.75 Å². The third-order valence-corrected chi connectivity index (χ3v) is 2.80. The van der Waals surface area contributed by atoms with E-state index in [1.54, 1.807) is 7.11 Å². The molecule has 0 atom stereocenters. The van der Waals surface area contributed by atoms with Gasteiger partial charge < -0.3 is 10.1 Å². The summed E-state index contributed by atoms with van der Waals surface area (Å²) in [7, 11) is 1.67. The fourth-order valence-electron chi connectivity index (χ4n) is 1.33. The van der Waals surface area contributed by atoms with Gasteiger partial charge in [-0.15, -0.1) is 0 Å². The molecule has 0 radical (unpaired) electrons. The molecule has 0 amide bonds. The molecule has 0 aliphatic heterocycles. The zero-order chi connectivity index (χ0) is 11.3. The monoisotopic (exact) mass is 245 g/mol. The molecule has 84 valence electrons. The molecule has 0 saturated heterocycles. The molecular weight excluding hydrogens is 230 g/mol. The van der Waals surface area contributed by atoms with Gasteiger partial charge in [0.15, 0.2) is 0 Å². The first kappa shape index (κ1) is 12.7. The lowest BCUT2D eigenvalue weighted by Gasteiger charge is -2.11. The molecule has 2 nitrogen and oxygen atoms in total. The van der Waals surface area contributed by atoms with Gasteiger partial charge >= 0.3 is 0 Å². The topological polar surface area (TPSA) is 21.3 Å². The van der Waals surface area contributed by atoms with Crippen LogP contribution >= 0.6 is 24.2 Å². The van der Waals surface area contributed by atoms with Crippen molar-refractivity contribution in [1.29, 1.82) is 0 Å². The van der Waals surface area contributed by atoms with Crippen LogP contribution in [0.2, 0.25) is 5.02 Å². The largest absolute Gasteiger partial charge is 0.496 e. The number of aryl methyl sites for hydroxylation is 1. The van der Waals surface area contributed by atoms with Crippen molar-refractivity contribution in [1.82, 2.24) is 5.32 Å². The van der Waals surface area contributed by atoms with Crippen molar-refractivity contribution in [2.24, 2.45) is 0 Å². The lowest BCUT2D eigenvalue weighted by molar-refractivity contribution is 0.407. The van der Waals surface area contributed by atoms with Gasteiger partial charge in [0.25, 0.3) is 0 Å². The Morgan fingerprint density at radius 3 is 2.80 bits per heavy atom. The van der Waals surface area contributed by atoms with Gasteiger partial charge in [0.05, 0.1) is 7.11 Å². The fourth-order valence-corrected chi connectivity index (χ4v) is 1.67. The van der Waals surface area contributed by atoms with E-state index >= 15 is 0 Å². The molecule has 1 aromatic carbocycles. The maximum absolute atomic E-state index is 6.06. The number of rotatable bonds is 5. The maximum atomic E-state index is 6.06.